The van der Waals surface area contributed by atoms with Gasteiger partial charge in [-0.05, 0) is 30.3 Å². The first-order chi connectivity index (χ1) is 12.1. The van der Waals surface area contributed by atoms with Gasteiger partial charge in [-0.25, -0.2) is 4.98 Å². The zero-order chi connectivity index (χ0) is 17.8. The van der Waals surface area contributed by atoms with Gasteiger partial charge in [0.2, 0.25) is 6.10 Å². The van der Waals surface area contributed by atoms with Gasteiger partial charge in [0.15, 0.2) is 5.15 Å². The average molecular weight is 362 g/mol. The molecule has 0 saturated heterocycles. The number of amides is 1. The predicted octanol–water partition coefficient (Wildman–Crippen LogP) is 2.88. The summed E-state index contributed by atoms with van der Waals surface area (Å²) in [5.41, 5.74) is 1.75. The third-order valence-electron chi connectivity index (χ3n) is 3.70. The monoisotopic (exact) mass is 361 g/mol. The summed E-state index contributed by atoms with van der Waals surface area (Å²) < 4.78 is 10.6. The summed E-state index contributed by atoms with van der Waals surface area (Å²) in [5, 5.41) is 6.93. The van der Waals surface area contributed by atoms with E-state index in [-0.39, 0.29) is 11.1 Å². The Morgan fingerprint density at radius 3 is 2.88 bits per heavy atom. The van der Waals surface area contributed by atoms with Gasteiger partial charge in [-0.1, -0.05) is 16.8 Å². The molecule has 1 aliphatic rings. The summed E-state index contributed by atoms with van der Waals surface area (Å²) in [6, 6.07) is 8.70. The van der Waals surface area contributed by atoms with E-state index in [2.05, 4.69) is 15.5 Å². The average Bonchev–Trinajstić information content (AvgIpc) is 3.13. The van der Waals surface area contributed by atoms with Gasteiger partial charge in [0.25, 0.3) is 5.91 Å². The molecule has 0 saturated carbocycles. The molecular formula is C17H16ClN3O4. The van der Waals surface area contributed by atoms with Crippen molar-refractivity contribution in [1.29, 1.82) is 0 Å². The highest BCUT2D eigenvalue weighted by Crippen LogP contribution is 2.29. The van der Waals surface area contributed by atoms with Crippen LogP contribution in [0.3, 0.4) is 0 Å². The second-order valence-corrected chi connectivity index (χ2v) is 5.59. The van der Waals surface area contributed by atoms with Crippen molar-refractivity contribution in [2.75, 3.05) is 19.5 Å². The van der Waals surface area contributed by atoms with Crippen LogP contribution in [0, 0.1) is 0 Å². The number of ether oxygens (including phenoxy) is 2. The Labute approximate surface area is 149 Å². The van der Waals surface area contributed by atoms with E-state index >= 15 is 0 Å². The van der Waals surface area contributed by atoms with Crippen LogP contribution in [0.4, 0.5) is 5.69 Å². The van der Waals surface area contributed by atoms with Gasteiger partial charge in [-0.3, -0.25) is 4.79 Å². The molecule has 25 heavy (non-hydrogen) atoms. The van der Waals surface area contributed by atoms with E-state index in [1.54, 1.807) is 50.7 Å². The minimum Gasteiger partial charge on any atom is -0.497 e. The molecule has 1 N–H and O–H groups in total. The fourth-order valence-electron chi connectivity index (χ4n) is 2.41. The van der Waals surface area contributed by atoms with Crippen LogP contribution in [0.5, 0.6) is 11.5 Å². The Kier molecular flexibility index (Phi) is 5.04. The summed E-state index contributed by atoms with van der Waals surface area (Å²) in [5.74, 6) is 0.934. The van der Waals surface area contributed by atoms with Crippen LogP contribution in [0.15, 0.2) is 41.7 Å². The van der Waals surface area contributed by atoms with Gasteiger partial charge in [-0.15, -0.1) is 0 Å². The maximum absolute atomic E-state index is 12.4. The van der Waals surface area contributed by atoms with Gasteiger partial charge in [0.05, 0.1) is 25.6 Å². The Morgan fingerprint density at radius 2 is 2.16 bits per heavy atom. The minimum atomic E-state index is -0.762. The largest absolute Gasteiger partial charge is 0.497 e. The molecule has 0 spiro atoms. The van der Waals surface area contributed by atoms with Crippen LogP contribution in [0.25, 0.3) is 0 Å². The number of carbonyl (C=O) groups excluding carboxylic acids is 1. The van der Waals surface area contributed by atoms with Crippen molar-refractivity contribution in [3.05, 3.63) is 47.2 Å². The Bertz CT molecular complexity index is 825. The molecule has 1 amide bonds. The zero-order valence-corrected chi connectivity index (χ0v) is 14.4. The maximum Gasteiger partial charge on any atom is 0.268 e. The van der Waals surface area contributed by atoms with Crippen LogP contribution in [-0.2, 0) is 9.63 Å². The van der Waals surface area contributed by atoms with Crippen molar-refractivity contribution in [1.82, 2.24) is 4.98 Å². The van der Waals surface area contributed by atoms with Crippen molar-refractivity contribution < 1.29 is 19.1 Å². The molecule has 1 atom stereocenters. The number of oxime groups is 1. The number of hydrogen-bond acceptors (Lipinski definition) is 6. The first kappa shape index (κ1) is 17.0. The van der Waals surface area contributed by atoms with Crippen molar-refractivity contribution in [3.8, 4) is 11.5 Å². The molecule has 0 aliphatic carbocycles. The second kappa shape index (κ2) is 7.40. The predicted molar refractivity (Wildman–Crippen MR) is 93.4 cm³/mol. The van der Waals surface area contributed by atoms with E-state index in [9.17, 15) is 4.79 Å². The molecule has 130 valence electrons. The van der Waals surface area contributed by atoms with Crippen LogP contribution in [0.2, 0.25) is 5.15 Å². The number of halogens is 1. The summed E-state index contributed by atoms with van der Waals surface area (Å²) in [6.45, 7) is 0. The van der Waals surface area contributed by atoms with E-state index in [0.717, 1.165) is 5.56 Å². The van der Waals surface area contributed by atoms with Crippen LogP contribution in [-0.4, -0.2) is 36.9 Å². The van der Waals surface area contributed by atoms with E-state index in [4.69, 9.17) is 25.9 Å². The van der Waals surface area contributed by atoms with Gasteiger partial charge >= 0.3 is 0 Å². The molecular weight excluding hydrogens is 346 g/mol. The van der Waals surface area contributed by atoms with Crippen LogP contribution in [0.1, 0.15) is 12.0 Å². The lowest BCUT2D eigenvalue weighted by Crippen LogP contribution is -2.28. The fourth-order valence-corrected chi connectivity index (χ4v) is 2.58. The topological polar surface area (TPSA) is 82.0 Å². The fraction of sp³-hybridized carbons (Fsp3) is 0.235. The SMILES string of the molecule is COc1ccc(OC)c(C2=NOC(C(=O)Nc3cccnc3Cl)C2)c1. The zero-order valence-electron chi connectivity index (χ0n) is 13.7. The number of hydrogen-bond donors (Lipinski definition) is 1. The molecule has 1 aromatic carbocycles. The van der Waals surface area contributed by atoms with E-state index in [1.165, 1.54) is 0 Å². The molecule has 7 nitrogen and oxygen atoms in total. The van der Waals surface area contributed by atoms with Gasteiger partial charge < -0.3 is 19.6 Å². The second-order valence-electron chi connectivity index (χ2n) is 5.23. The number of rotatable bonds is 5. The molecule has 1 aromatic heterocycles. The number of anilines is 1. The molecule has 2 aromatic rings. The summed E-state index contributed by atoms with van der Waals surface area (Å²) >= 11 is 5.95. The highest BCUT2D eigenvalue weighted by molar-refractivity contribution is 6.32. The molecule has 2 heterocycles. The number of carbonyl (C=O) groups is 1. The molecule has 0 fully saturated rings. The number of aromatic nitrogens is 1. The quantitative estimate of drug-likeness (QED) is 0.828. The lowest BCUT2D eigenvalue weighted by Gasteiger charge is -2.11. The minimum absolute atomic E-state index is 0.212. The molecule has 1 aliphatic heterocycles. The van der Waals surface area contributed by atoms with Gasteiger partial charge in [-0.2, -0.15) is 0 Å². The summed E-state index contributed by atoms with van der Waals surface area (Å²) in [6.07, 6.45) is 1.08. The standard InChI is InChI=1S/C17H16ClN3O4/c1-23-10-5-6-14(24-2)11(8-10)13-9-15(25-21-13)17(22)20-12-4-3-7-19-16(12)18/h3-8,15H,9H2,1-2H3,(H,20,22). The highest BCUT2D eigenvalue weighted by atomic mass is 35.5. The maximum atomic E-state index is 12.4. The number of benzene rings is 1. The van der Waals surface area contributed by atoms with Gasteiger partial charge in [0, 0.05) is 18.2 Å². The lowest BCUT2D eigenvalue weighted by molar-refractivity contribution is -0.125. The van der Waals surface area contributed by atoms with Gasteiger partial charge in [0.1, 0.15) is 11.5 Å². The summed E-state index contributed by atoms with van der Waals surface area (Å²) in [7, 11) is 3.14. The Morgan fingerprint density at radius 1 is 1.32 bits per heavy atom. The number of nitrogens with one attached hydrogen (secondary N) is 1. The Balaban J connectivity index is 1.73. The highest BCUT2D eigenvalue weighted by Gasteiger charge is 2.30. The van der Waals surface area contributed by atoms with Crippen molar-refractivity contribution in [2.45, 2.75) is 12.5 Å². The number of methoxy groups -OCH3 is 2. The van der Waals surface area contributed by atoms with Crippen LogP contribution < -0.4 is 14.8 Å². The molecule has 0 bridgehead atoms. The third-order valence-corrected chi connectivity index (χ3v) is 4.00. The summed E-state index contributed by atoms with van der Waals surface area (Å²) in [4.78, 5) is 21.6. The third kappa shape index (κ3) is 3.66. The smallest absolute Gasteiger partial charge is 0.268 e. The molecule has 3 rings (SSSR count). The van der Waals surface area contributed by atoms with Crippen molar-refractivity contribution in [3.63, 3.8) is 0 Å². The number of pyridine rings is 1. The Hall–Kier alpha value is -2.80. The molecule has 1 unspecified atom stereocenters. The van der Waals surface area contributed by atoms with E-state index in [1.807, 2.05) is 0 Å². The lowest BCUT2D eigenvalue weighted by atomic mass is 10.0. The molecule has 8 heteroatoms. The first-order valence-corrected chi connectivity index (χ1v) is 7.86. The molecule has 0 radical (unpaired) electrons. The normalized spacial score (nSPS) is 16.0. The van der Waals surface area contributed by atoms with E-state index < -0.39 is 6.10 Å². The van der Waals surface area contributed by atoms with Crippen molar-refractivity contribution in [2.24, 2.45) is 5.16 Å². The van der Waals surface area contributed by atoms with E-state index in [0.29, 0.717) is 29.3 Å². The number of nitrogens with zero attached hydrogens (tertiary/aromatic N) is 2. The van der Waals surface area contributed by atoms with Crippen molar-refractivity contribution >= 4 is 28.9 Å². The first-order valence-electron chi connectivity index (χ1n) is 7.49. The van der Waals surface area contributed by atoms with Crippen LogP contribution >= 0.6 is 11.6 Å².